The van der Waals surface area contributed by atoms with Gasteiger partial charge in [0, 0.05) is 19.7 Å². The lowest BCUT2D eigenvalue weighted by molar-refractivity contribution is 0.0740. The minimum absolute atomic E-state index is 0.302. The second-order valence-electron chi connectivity index (χ2n) is 5.26. The van der Waals surface area contributed by atoms with Crippen LogP contribution in [0.4, 0.5) is 4.39 Å². The molecule has 4 heteroatoms. The quantitative estimate of drug-likeness (QED) is 0.859. The van der Waals surface area contributed by atoms with Gasteiger partial charge in [0.1, 0.15) is 5.82 Å². The Balaban J connectivity index is 1.74. The molecule has 1 aromatic rings. The third kappa shape index (κ3) is 4.56. The van der Waals surface area contributed by atoms with Crippen LogP contribution in [-0.2, 0) is 4.74 Å². The lowest BCUT2D eigenvalue weighted by Gasteiger charge is -2.22. The first-order valence-electron chi connectivity index (χ1n) is 6.89. The standard InChI is InChI=1S/C15H22FNO2/c1-17(11-14-6-3-9-19-14)8-7-15(18)12-4-2-5-13(16)10-12/h2,4-5,10,14-15,18H,3,6-9,11H2,1H3. The SMILES string of the molecule is CN(CCC(O)c1cccc(F)c1)CC1CCCO1. The largest absolute Gasteiger partial charge is 0.388 e. The summed E-state index contributed by atoms with van der Waals surface area (Å²) in [5.41, 5.74) is 0.644. The summed E-state index contributed by atoms with van der Waals surface area (Å²) in [6.45, 7) is 2.54. The van der Waals surface area contributed by atoms with E-state index in [-0.39, 0.29) is 5.82 Å². The summed E-state index contributed by atoms with van der Waals surface area (Å²) in [6.07, 6.45) is 2.59. The predicted molar refractivity (Wildman–Crippen MR) is 72.4 cm³/mol. The average molecular weight is 267 g/mol. The van der Waals surface area contributed by atoms with Crippen molar-refractivity contribution in [3.05, 3.63) is 35.6 Å². The molecule has 1 aromatic carbocycles. The van der Waals surface area contributed by atoms with Crippen molar-refractivity contribution in [3.8, 4) is 0 Å². The van der Waals surface area contributed by atoms with Crippen molar-refractivity contribution < 1.29 is 14.2 Å². The van der Waals surface area contributed by atoms with Crippen LogP contribution in [-0.4, -0.2) is 42.9 Å². The second kappa shape index (κ2) is 6.98. The summed E-state index contributed by atoms with van der Waals surface area (Å²) in [4.78, 5) is 2.17. The highest BCUT2D eigenvalue weighted by atomic mass is 19.1. The van der Waals surface area contributed by atoms with Gasteiger partial charge in [-0.1, -0.05) is 12.1 Å². The molecule has 0 radical (unpaired) electrons. The maximum Gasteiger partial charge on any atom is 0.123 e. The van der Waals surface area contributed by atoms with Crippen LogP contribution in [0.2, 0.25) is 0 Å². The Bertz CT molecular complexity index is 393. The molecule has 1 heterocycles. The molecule has 2 unspecified atom stereocenters. The zero-order chi connectivity index (χ0) is 13.7. The maximum atomic E-state index is 13.1. The van der Waals surface area contributed by atoms with Crippen molar-refractivity contribution in [2.75, 3.05) is 26.7 Å². The van der Waals surface area contributed by atoms with E-state index < -0.39 is 6.10 Å². The predicted octanol–water partition coefficient (Wildman–Crippen LogP) is 2.36. The van der Waals surface area contributed by atoms with Crippen LogP contribution >= 0.6 is 0 Å². The maximum absolute atomic E-state index is 13.1. The van der Waals surface area contributed by atoms with Crippen molar-refractivity contribution in [2.45, 2.75) is 31.5 Å². The van der Waals surface area contributed by atoms with Gasteiger partial charge in [0.25, 0.3) is 0 Å². The van der Waals surface area contributed by atoms with E-state index in [0.717, 1.165) is 32.5 Å². The summed E-state index contributed by atoms with van der Waals surface area (Å²) in [6, 6.07) is 6.17. The fourth-order valence-corrected chi connectivity index (χ4v) is 2.45. The number of ether oxygens (including phenoxy) is 1. The third-order valence-electron chi connectivity index (χ3n) is 3.56. The Morgan fingerprint density at radius 3 is 3.05 bits per heavy atom. The molecule has 19 heavy (non-hydrogen) atoms. The first-order valence-corrected chi connectivity index (χ1v) is 6.89. The van der Waals surface area contributed by atoms with E-state index in [4.69, 9.17) is 4.74 Å². The number of hydrogen-bond donors (Lipinski definition) is 1. The fraction of sp³-hybridized carbons (Fsp3) is 0.600. The smallest absolute Gasteiger partial charge is 0.123 e. The molecule has 0 spiro atoms. The molecule has 1 aliphatic rings. The zero-order valence-corrected chi connectivity index (χ0v) is 11.4. The number of likely N-dealkylation sites (N-methyl/N-ethyl adjacent to an activating group) is 1. The van der Waals surface area contributed by atoms with Gasteiger partial charge < -0.3 is 14.7 Å². The Morgan fingerprint density at radius 2 is 2.37 bits per heavy atom. The summed E-state index contributed by atoms with van der Waals surface area (Å²) in [5, 5.41) is 10.0. The van der Waals surface area contributed by atoms with E-state index >= 15 is 0 Å². The van der Waals surface area contributed by atoms with Gasteiger partial charge in [0.2, 0.25) is 0 Å². The second-order valence-corrected chi connectivity index (χ2v) is 5.26. The molecule has 0 amide bonds. The molecule has 0 aliphatic carbocycles. The molecule has 1 N–H and O–H groups in total. The van der Waals surface area contributed by atoms with Crippen molar-refractivity contribution >= 4 is 0 Å². The topological polar surface area (TPSA) is 32.7 Å². The number of aliphatic hydroxyl groups excluding tert-OH is 1. The minimum atomic E-state index is -0.609. The van der Waals surface area contributed by atoms with E-state index in [1.807, 2.05) is 7.05 Å². The van der Waals surface area contributed by atoms with E-state index in [0.29, 0.717) is 18.1 Å². The van der Waals surface area contributed by atoms with E-state index in [1.165, 1.54) is 12.1 Å². The van der Waals surface area contributed by atoms with Gasteiger partial charge in [-0.05, 0) is 44.0 Å². The van der Waals surface area contributed by atoms with Crippen LogP contribution in [0.15, 0.2) is 24.3 Å². The first kappa shape index (κ1) is 14.4. The van der Waals surface area contributed by atoms with Crippen molar-refractivity contribution in [1.29, 1.82) is 0 Å². The van der Waals surface area contributed by atoms with Gasteiger partial charge in [-0.3, -0.25) is 0 Å². The summed E-state index contributed by atoms with van der Waals surface area (Å²) in [5.74, 6) is -0.302. The number of hydrogen-bond acceptors (Lipinski definition) is 3. The summed E-state index contributed by atoms with van der Waals surface area (Å²) >= 11 is 0. The Kier molecular flexibility index (Phi) is 5.31. The van der Waals surface area contributed by atoms with Crippen molar-refractivity contribution in [3.63, 3.8) is 0 Å². The molecule has 0 bridgehead atoms. The van der Waals surface area contributed by atoms with Gasteiger partial charge in [0.15, 0.2) is 0 Å². The molecule has 1 fully saturated rings. The Morgan fingerprint density at radius 1 is 1.53 bits per heavy atom. The Hall–Kier alpha value is -0.970. The van der Waals surface area contributed by atoms with Crippen LogP contribution in [0.1, 0.15) is 30.9 Å². The van der Waals surface area contributed by atoms with Crippen molar-refractivity contribution in [2.24, 2.45) is 0 Å². The highest BCUT2D eigenvalue weighted by Gasteiger charge is 2.18. The number of benzene rings is 1. The lowest BCUT2D eigenvalue weighted by atomic mass is 10.1. The van der Waals surface area contributed by atoms with Gasteiger partial charge >= 0.3 is 0 Å². The molecule has 0 saturated carbocycles. The van der Waals surface area contributed by atoms with Gasteiger partial charge in [-0.2, -0.15) is 0 Å². The molecule has 3 nitrogen and oxygen atoms in total. The average Bonchev–Trinajstić information content (AvgIpc) is 2.88. The molecule has 1 saturated heterocycles. The minimum Gasteiger partial charge on any atom is -0.388 e. The van der Waals surface area contributed by atoms with Crippen molar-refractivity contribution in [1.82, 2.24) is 4.90 Å². The molecule has 106 valence electrons. The number of rotatable bonds is 6. The third-order valence-corrected chi connectivity index (χ3v) is 3.56. The molecule has 1 aliphatic heterocycles. The van der Waals surface area contributed by atoms with E-state index in [2.05, 4.69) is 4.90 Å². The van der Waals surface area contributed by atoms with Gasteiger partial charge in [-0.25, -0.2) is 4.39 Å². The highest BCUT2D eigenvalue weighted by molar-refractivity contribution is 5.18. The van der Waals surface area contributed by atoms with Crippen LogP contribution in [0.3, 0.4) is 0 Å². The molecule has 0 aromatic heterocycles. The molecule has 2 atom stereocenters. The highest BCUT2D eigenvalue weighted by Crippen LogP contribution is 2.18. The first-order chi connectivity index (χ1) is 9.15. The van der Waals surface area contributed by atoms with Crippen LogP contribution < -0.4 is 0 Å². The fourth-order valence-electron chi connectivity index (χ4n) is 2.45. The zero-order valence-electron chi connectivity index (χ0n) is 11.4. The summed E-state index contributed by atoms with van der Waals surface area (Å²) in [7, 11) is 2.03. The number of halogens is 1. The normalized spacial score (nSPS) is 20.9. The van der Waals surface area contributed by atoms with Crippen LogP contribution in [0, 0.1) is 5.82 Å². The van der Waals surface area contributed by atoms with Crippen LogP contribution in [0.5, 0.6) is 0 Å². The number of nitrogens with zero attached hydrogens (tertiary/aromatic N) is 1. The molecular formula is C15H22FNO2. The number of aliphatic hydroxyl groups is 1. The van der Waals surface area contributed by atoms with E-state index in [1.54, 1.807) is 12.1 Å². The van der Waals surface area contributed by atoms with Crippen LogP contribution in [0.25, 0.3) is 0 Å². The summed E-state index contributed by atoms with van der Waals surface area (Å²) < 4.78 is 18.6. The van der Waals surface area contributed by atoms with E-state index in [9.17, 15) is 9.50 Å². The van der Waals surface area contributed by atoms with Gasteiger partial charge in [-0.15, -0.1) is 0 Å². The molecular weight excluding hydrogens is 245 g/mol. The Labute approximate surface area is 114 Å². The van der Waals surface area contributed by atoms with Gasteiger partial charge in [0.05, 0.1) is 12.2 Å². The lowest BCUT2D eigenvalue weighted by Crippen LogP contribution is -2.30. The molecule has 2 rings (SSSR count). The monoisotopic (exact) mass is 267 g/mol.